The number of unbranched alkanes of at least 4 members (excludes halogenated alkanes) is 45. The van der Waals surface area contributed by atoms with Crippen LogP contribution in [-0.4, -0.2) is 0 Å². The zero-order chi connectivity index (χ0) is 46.6. The van der Waals surface area contributed by atoms with Crippen LogP contribution in [0.25, 0.3) is 0 Å². The number of rotatable bonds is 48. The minimum Gasteiger partial charge on any atom is -0.844 e. The van der Waals surface area contributed by atoms with E-state index in [0.717, 1.165) is 0 Å². The summed E-state index contributed by atoms with van der Waals surface area (Å²) in [7, 11) is 0. The van der Waals surface area contributed by atoms with Crippen molar-refractivity contribution in [2.45, 2.75) is 344 Å². The van der Waals surface area contributed by atoms with Crippen LogP contribution >= 0.6 is 6.72 Å². The maximum Gasteiger partial charge on any atom is -0.151 e. The molecule has 0 amide bonds. The van der Waals surface area contributed by atoms with Gasteiger partial charge in [-0.3, -0.25) is 0 Å². The molecule has 0 radical (unpaired) electrons. The predicted molar refractivity (Wildman–Crippen MR) is 267 cm³/mol. The quantitative estimate of drug-likeness (QED) is 0.0346. The first-order valence-electron chi connectivity index (χ1n) is 28.4. The van der Waals surface area contributed by atoms with E-state index in [-0.39, 0.29) is 0 Å². The van der Waals surface area contributed by atoms with Crippen LogP contribution in [0.3, 0.4) is 0 Å². The summed E-state index contributed by atoms with van der Waals surface area (Å²) in [6, 6.07) is 0. The third-order valence-electron chi connectivity index (χ3n) is 12.3. The van der Waals surface area contributed by atoms with Crippen molar-refractivity contribution in [1.29, 1.82) is 0 Å². The van der Waals surface area contributed by atoms with Crippen LogP contribution in [0.2, 0.25) is 15.0 Å². The molecule has 0 aliphatic carbocycles. The zero-order valence-electron chi connectivity index (χ0n) is 43.3. The van der Waals surface area contributed by atoms with E-state index in [2.05, 4.69) is 32.6 Å². The fourth-order valence-electron chi connectivity index (χ4n) is 8.17. The van der Waals surface area contributed by atoms with Crippen molar-refractivity contribution in [2.24, 2.45) is 0 Å². The zero-order valence-corrected chi connectivity index (χ0v) is 53.9. The van der Waals surface area contributed by atoms with Gasteiger partial charge in [-0.15, -0.1) is 0 Å². The Balaban J connectivity index is -0.000000385. The van der Waals surface area contributed by atoms with Crippen LogP contribution in [0.1, 0.15) is 329 Å². The molecule has 62 heavy (non-hydrogen) atoms. The average molecular weight is 1070 g/mol. The molecule has 0 heterocycles. The predicted octanol–water partition coefficient (Wildman–Crippen LogP) is 18.9. The van der Waals surface area contributed by atoms with Gasteiger partial charge in [-0.2, -0.15) is 11.8 Å². The standard InChI is InChI=1S/3C18H37.H3O3PS.3Zn/c3*1-3-5-7-9-11-13-15-17-18-16-14-12-10-8-6-4-2;1-4(2,3)5;;;/h3*1,3-18H2,2H3;(H3,1,2,3,5);;;/q;;;;3*+1/p-3. The number of hydrogen-bond donors (Lipinski definition) is 0. The first kappa shape index (κ1) is 71.0. The molecule has 362 valence electrons. The Kier molecular flexibility index (Phi) is 80.1. The SMILES string of the molecule is CCCCCCCCCCCCCCCCC[CH2][Zn+].CCCCCCCCCCCCCCCCC[CH2][Zn+].CCCCCCCCCCCCCCCCC[CH2][Zn+].[O-]P([O-])([O-])=S. The molecular formula is C54H111O3PSZn3. The van der Waals surface area contributed by atoms with Crippen molar-refractivity contribution in [3.05, 3.63) is 0 Å². The second kappa shape index (κ2) is 70.0. The van der Waals surface area contributed by atoms with E-state index in [1.165, 1.54) is 378 Å². The molecule has 0 saturated carbocycles. The summed E-state index contributed by atoms with van der Waals surface area (Å²) in [5.74, 6) is 0. The molecule has 0 spiro atoms. The summed E-state index contributed by atoms with van der Waals surface area (Å²) < 4.78 is 0. The van der Waals surface area contributed by atoms with Crippen LogP contribution in [0.15, 0.2) is 0 Å². The van der Waals surface area contributed by atoms with Gasteiger partial charge in [-0.25, -0.2) is 0 Å². The Labute approximate surface area is 428 Å². The monoisotopic (exact) mass is 1060 g/mol. The second-order valence-corrected chi connectivity index (χ2v) is 25.6. The van der Waals surface area contributed by atoms with Crippen molar-refractivity contribution in [3.8, 4) is 0 Å². The molecule has 0 aliphatic heterocycles. The van der Waals surface area contributed by atoms with Gasteiger partial charge < -0.3 is 21.4 Å². The van der Waals surface area contributed by atoms with E-state index in [0.29, 0.717) is 0 Å². The second-order valence-electron chi connectivity index (χ2n) is 18.9. The fraction of sp³-hybridized carbons (Fsp3) is 1.00. The third kappa shape index (κ3) is 92.6. The smallest absolute Gasteiger partial charge is 0.151 e. The van der Waals surface area contributed by atoms with Gasteiger partial charge in [0.15, 0.2) is 0 Å². The van der Waals surface area contributed by atoms with Crippen molar-refractivity contribution < 1.29 is 69.6 Å². The van der Waals surface area contributed by atoms with Gasteiger partial charge in [0.25, 0.3) is 0 Å². The normalized spacial score (nSPS) is 11.2. The van der Waals surface area contributed by atoms with Crippen LogP contribution in [0.4, 0.5) is 0 Å². The molecule has 0 rings (SSSR count). The van der Waals surface area contributed by atoms with Gasteiger partial charge in [0, 0.05) is 0 Å². The van der Waals surface area contributed by atoms with Crippen LogP contribution in [0, 0.1) is 0 Å². The molecule has 0 aromatic carbocycles. The molecule has 3 nitrogen and oxygen atoms in total. The Morgan fingerprint density at radius 1 is 0.226 bits per heavy atom. The molecule has 0 bridgehead atoms. The molecule has 0 aromatic heterocycles. The van der Waals surface area contributed by atoms with Gasteiger partial charge in [-0.1, -0.05) is 117 Å². The molecule has 0 atom stereocenters. The van der Waals surface area contributed by atoms with E-state index in [9.17, 15) is 0 Å². The summed E-state index contributed by atoms with van der Waals surface area (Å²) in [6.07, 6.45) is 71.1. The van der Waals surface area contributed by atoms with E-state index in [1.54, 1.807) is 0 Å². The molecule has 0 aromatic rings. The van der Waals surface area contributed by atoms with Crippen molar-refractivity contribution >= 4 is 18.5 Å². The number of hydrogen-bond acceptors (Lipinski definition) is 4. The van der Waals surface area contributed by atoms with Crippen LogP contribution in [-0.2, 0) is 66.7 Å². The molecule has 0 N–H and O–H groups in total. The van der Waals surface area contributed by atoms with Crippen molar-refractivity contribution in [1.82, 2.24) is 0 Å². The Bertz CT molecular complexity index is 623. The summed E-state index contributed by atoms with van der Waals surface area (Å²) in [4.78, 5) is 26.8. The van der Waals surface area contributed by atoms with E-state index < -0.39 is 6.72 Å². The van der Waals surface area contributed by atoms with Crippen LogP contribution < -0.4 is 14.7 Å². The molecule has 0 unspecified atom stereocenters. The maximum atomic E-state index is 8.92. The topological polar surface area (TPSA) is 69.2 Å². The first-order chi connectivity index (χ1) is 30.2. The Hall–Kier alpha value is 2.40. The van der Waals surface area contributed by atoms with Gasteiger partial charge >= 0.3 is 282 Å². The van der Waals surface area contributed by atoms with Gasteiger partial charge in [0.1, 0.15) is 0 Å². The minimum atomic E-state index is -4.56. The third-order valence-corrected chi connectivity index (χ3v) is 15.5. The summed E-state index contributed by atoms with van der Waals surface area (Å²) in [5, 5.41) is 4.50. The Morgan fingerprint density at radius 3 is 0.387 bits per heavy atom. The molecule has 0 fully saturated rings. The summed E-state index contributed by atoms with van der Waals surface area (Å²) in [5.41, 5.74) is 0. The largest absolute Gasteiger partial charge is 0.844 e. The van der Waals surface area contributed by atoms with Crippen molar-refractivity contribution in [2.75, 3.05) is 0 Å². The van der Waals surface area contributed by atoms with Gasteiger partial charge in [0.2, 0.25) is 0 Å². The maximum absolute atomic E-state index is 8.92. The van der Waals surface area contributed by atoms with E-state index in [1.807, 2.05) is 0 Å². The molecule has 0 aliphatic rings. The molecule has 8 heteroatoms. The van der Waals surface area contributed by atoms with Gasteiger partial charge in [-0.05, 0) is 0 Å². The average Bonchev–Trinajstić information content (AvgIpc) is 3.25. The molecule has 0 saturated heterocycles. The summed E-state index contributed by atoms with van der Waals surface area (Å²) in [6.45, 7) is 2.33. The van der Waals surface area contributed by atoms with Crippen LogP contribution in [0.5, 0.6) is 0 Å². The molecular weight excluding hydrogens is 956 g/mol. The minimum absolute atomic E-state index is 1.38. The first-order valence-corrected chi connectivity index (χ1v) is 37.2. The fourth-order valence-corrected chi connectivity index (χ4v) is 10.4. The van der Waals surface area contributed by atoms with Crippen molar-refractivity contribution in [3.63, 3.8) is 0 Å². The Morgan fingerprint density at radius 2 is 0.306 bits per heavy atom. The van der Waals surface area contributed by atoms with Gasteiger partial charge in [0.05, 0.1) is 0 Å². The van der Waals surface area contributed by atoms with E-state index >= 15 is 0 Å². The van der Waals surface area contributed by atoms with E-state index in [4.69, 9.17) is 14.7 Å². The summed E-state index contributed by atoms with van der Waals surface area (Å²) >= 11 is 7.77.